The van der Waals surface area contributed by atoms with Crippen LogP contribution < -0.4 is 5.11 Å². The van der Waals surface area contributed by atoms with E-state index in [4.69, 9.17) is 10.2 Å². The number of carbonyl (C=O) groups is 4. The van der Waals surface area contributed by atoms with Crippen LogP contribution in [0.15, 0.2) is 49.1 Å². The number of aliphatic carboxylic acids is 2. The molecule has 0 atom stereocenters. The molecule has 9 heteroatoms. The lowest BCUT2D eigenvalue weighted by molar-refractivity contribution is -0.299. The fourth-order valence-electron chi connectivity index (χ4n) is 0.928. The van der Waals surface area contributed by atoms with Crippen LogP contribution in [-0.2, 0) is 28.7 Å². The number of hydrogen-bond acceptors (Lipinski definition) is 8. The Labute approximate surface area is 178 Å². The van der Waals surface area contributed by atoms with Crippen LogP contribution in [0.25, 0.3) is 0 Å². The third kappa shape index (κ3) is 32.5. The minimum Gasteiger partial charge on any atom is -0.545 e. The van der Waals surface area contributed by atoms with Crippen molar-refractivity contribution in [2.24, 2.45) is 0 Å². The summed E-state index contributed by atoms with van der Waals surface area (Å²) in [6.45, 7) is 18.1. The summed E-state index contributed by atoms with van der Waals surface area (Å²) < 4.78 is 8.74. The molecule has 9 nitrogen and oxygen atoms in total. The van der Waals surface area contributed by atoms with Gasteiger partial charge in [0.25, 0.3) is 0 Å². The number of carboxylic acid groups (broad SMARTS) is 2. The number of hydrogen-bond donors (Lipinski definition) is 2. The van der Waals surface area contributed by atoms with Crippen LogP contribution in [-0.4, -0.2) is 54.4 Å². The van der Waals surface area contributed by atoms with E-state index < -0.39 is 17.9 Å². The van der Waals surface area contributed by atoms with Crippen molar-refractivity contribution in [1.82, 2.24) is 0 Å². The molecule has 0 spiro atoms. The van der Waals surface area contributed by atoms with Crippen LogP contribution in [0.3, 0.4) is 0 Å². The first-order chi connectivity index (χ1) is 13.8. The fraction of sp³-hybridized carbons (Fsp3) is 0.429. The lowest BCUT2D eigenvalue weighted by Crippen LogP contribution is -2.23. The Morgan fingerprint density at radius 1 is 1.03 bits per heavy atom. The second-order valence-corrected chi connectivity index (χ2v) is 5.45. The first-order valence-electron chi connectivity index (χ1n) is 8.73. The van der Waals surface area contributed by atoms with Crippen molar-refractivity contribution in [2.45, 2.75) is 40.0 Å². The summed E-state index contributed by atoms with van der Waals surface area (Å²) in [6.07, 6.45) is 3.26. The largest absolute Gasteiger partial charge is 0.545 e. The van der Waals surface area contributed by atoms with Gasteiger partial charge in [-0.15, -0.1) is 0 Å². The number of rotatable bonds is 9. The van der Waals surface area contributed by atoms with E-state index in [-0.39, 0.29) is 24.8 Å². The normalized spacial score (nSPS) is 8.17. The van der Waals surface area contributed by atoms with Gasteiger partial charge in [-0.25, -0.2) is 14.4 Å². The van der Waals surface area contributed by atoms with Gasteiger partial charge in [0.1, 0.15) is 6.61 Å². The van der Waals surface area contributed by atoms with Gasteiger partial charge in [0.15, 0.2) is 0 Å². The second-order valence-electron chi connectivity index (χ2n) is 5.45. The Hall–Kier alpha value is -3.20. The van der Waals surface area contributed by atoms with Gasteiger partial charge in [-0.05, 0) is 32.3 Å². The summed E-state index contributed by atoms with van der Waals surface area (Å²) in [6, 6.07) is 0. The smallest absolute Gasteiger partial charge is 0.333 e. The third-order valence-corrected chi connectivity index (χ3v) is 2.50. The highest BCUT2D eigenvalue weighted by molar-refractivity contribution is 5.87. The Morgan fingerprint density at radius 2 is 1.47 bits per heavy atom. The van der Waals surface area contributed by atoms with Gasteiger partial charge in [0.2, 0.25) is 0 Å². The summed E-state index contributed by atoms with van der Waals surface area (Å²) in [5.74, 6) is -2.91. The maximum atomic E-state index is 10.5. The molecule has 0 aromatic heterocycles. The number of carbonyl (C=O) groups excluding carboxylic acids is 3. The van der Waals surface area contributed by atoms with E-state index >= 15 is 0 Å². The van der Waals surface area contributed by atoms with E-state index in [1.807, 2.05) is 6.92 Å². The monoisotopic (exact) mass is 429 g/mol. The number of unbranched alkanes of at least 4 members (excludes halogenated alkanes) is 1. The van der Waals surface area contributed by atoms with E-state index in [0.717, 1.165) is 18.9 Å². The Kier molecular flexibility index (Phi) is 27.3. The molecule has 0 aromatic rings. The maximum absolute atomic E-state index is 10.5. The first kappa shape index (κ1) is 34.3. The molecule has 0 saturated carbocycles. The van der Waals surface area contributed by atoms with Crippen molar-refractivity contribution < 1.29 is 44.0 Å². The molecule has 0 amide bonds. The summed E-state index contributed by atoms with van der Waals surface area (Å²) >= 11 is 0. The number of aliphatic hydroxyl groups is 1. The lowest BCUT2D eigenvalue weighted by atomic mass is 10.1. The quantitative estimate of drug-likeness (QED) is 0.411. The number of aliphatic hydroxyl groups excluding tert-OH is 1. The highest BCUT2D eigenvalue weighted by Crippen LogP contribution is 2.02. The van der Waals surface area contributed by atoms with Crippen molar-refractivity contribution in [3.05, 3.63) is 49.1 Å². The van der Waals surface area contributed by atoms with Gasteiger partial charge >= 0.3 is 17.9 Å². The molecule has 0 heterocycles. The fourth-order valence-corrected chi connectivity index (χ4v) is 0.928. The SMILES string of the molecule is C=C(C)C(=O)OC.C=C(C)C(=O)OCCO.C=C(CCCC)C(=O)[O-].C=CC(=O)O. The van der Waals surface area contributed by atoms with E-state index in [1.165, 1.54) is 7.11 Å². The van der Waals surface area contributed by atoms with Gasteiger partial charge in [0.05, 0.1) is 19.7 Å². The molecule has 0 rings (SSSR count). The zero-order valence-electron chi connectivity index (χ0n) is 18.2. The molecule has 172 valence electrons. The summed E-state index contributed by atoms with van der Waals surface area (Å²) in [5, 5.41) is 25.8. The molecule has 0 bridgehead atoms. The molecule has 0 aromatic carbocycles. The van der Waals surface area contributed by atoms with Gasteiger partial charge in [-0.1, -0.05) is 39.7 Å². The van der Waals surface area contributed by atoms with Crippen molar-refractivity contribution in [3.63, 3.8) is 0 Å². The molecule has 0 saturated heterocycles. The summed E-state index contributed by atoms with van der Waals surface area (Å²) in [7, 11) is 1.33. The van der Waals surface area contributed by atoms with Crippen LogP contribution >= 0.6 is 0 Å². The second kappa shape index (κ2) is 23.8. The molecule has 0 radical (unpaired) electrons. The van der Waals surface area contributed by atoms with Crippen LogP contribution in [0.2, 0.25) is 0 Å². The highest BCUT2D eigenvalue weighted by Gasteiger charge is 1.99. The predicted molar refractivity (Wildman–Crippen MR) is 111 cm³/mol. The van der Waals surface area contributed by atoms with Crippen molar-refractivity contribution in [1.29, 1.82) is 0 Å². The molecule has 0 aliphatic heterocycles. The molecule has 0 aliphatic carbocycles. The van der Waals surface area contributed by atoms with Crippen molar-refractivity contribution in [3.8, 4) is 0 Å². The van der Waals surface area contributed by atoms with E-state index in [1.54, 1.807) is 13.8 Å². The van der Waals surface area contributed by atoms with Crippen molar-refractivity contribution >= 4 is 23.9 Å². The summed E-state index contributed by atoms with van der Waals surface area (Å²) in [4.78, 5) is 39.9. The first-order valence-corrected chi connectivity index (χ1v) is 8.73. The highest BCUT2D eigenvalue weighted by atomic mass is 16.5. The predicted octanol–water partition coefficient (Wildman–Crippen LogP) is 1.57. The number of carboxylic acids is 2. The topological polar surface area (TPSA) is 150 Å². The minimum absolute atomic E-state index is 0.0473. The molecule has 2 N–H and O–H groups in total. The van der Waals surface area contributed by atoms with Crippen LogP contribution in [0, 0.1) is 0 Å². The number of esters is 2. The Balaban J connectivity index is -0.000000154. The lowest BCUT2D eigenvalue weighted by Gasteiger charge is -2.03. The molecule has 0 fully saturated rings. The van der Waals surface area contributed by atoms with Gasteiger partial charge < -0.3 is 29.6 Å². The van der Waals surface area contributed by atoms with E-state index in [2.05, 4.69) is 35.8 Å². The molecule has 0 unspecified atom stereocenters. The third-order valence-electron chi connectivity index (χ3n) is 2.50. The van der Waals surface area contributed by atoms with Gasteiger partial charge in [0, 0.05) is 17.2 Å². The van der Waals surface area contributed by atoms with E-state index in [0.29, 0.717) is 17.6 Å². The van der Waals surface area contributed by atoms with Crippen LogP contribution in [0.4, 0.5) is 0 Å². The summed E-state index contributed by atoms with van der Waals surface area (Å²) in [5.41, 5.74) is 0.989. The minimum atomic E-state index is -1.12. The van der Waals surface area contributed by atoms with Crippen LogP contribution in [0.1, 0.15) is 40.0 Å². The average Bonchev–Trinajstić information content (AvgIpc) is 2.70. The molecule has 30 heavy (non-hydrogen) atoms. The maximum Gasteiger partial charge on any atom is 0.333 e. The zero-order chi connectivity index (χ0) is 24.7. The standard InChI is InChI=1S/C7H12O2.C6H10O3.C5H8O2.C3H4O2/c1-3-4-5-6(2)7(8)9;1-5(2)6(8)9-4-3-7;1-4(2)5(6)7-3;1-2-3(4)5/h2-5H2,1H3,(H,8,9);7H,1,3-4H2,2H3;1H2,2-3H3;2H,1H2,(H,4,5)/p-1. The van der Waals surface area contributed by atoms with Gasteiger partial charge in [-0.2, -0.15) is 0 Å². The molecule has 0 aliphatic rings. The molecular formula is C21H33O9-. The molecular weight excluding hydrogens is 396 g/mol. The Morgan fingerprint density at radius 3 is 1.67 bits per heavy atom. The zero-order valence-corrected chi connectivity index (χ0v) is 18.2. The van der Waals surface area contributed by atoms with Crippen LogP contribution in [0.5, 0.6) is 0 Å². The van der Waals surface area contributed by atoms with E-state index in [9.17, 15) is 24.3 Å². The average molecular weight is 429 g/mol. The number of ether oxygens (including phenoxy) is 2. The van der Waals surface area contributed by atoms with Gasteiger partial charge in [-0.3, -0.25) is 0 Å². The van der Waals surface area contributed by atoms with Crippen molar-refractivity contribution in [2.75, 3.05) is 20.3 Å². The number of methoxy groups -OCH3 is 1. The Bertz CT molecular complexity index is 559.